The van der Waals surface area contributed by atoms with Crippen molar-refractivity contribution in [2.75, 3.05) is 5.33 Å². The molecule has 96 valence electrons. The number of rotatable bonds is 4. The molecule has 0 bridgehead atoms. The summed E-state index contributed by atoms with van der Waals surface area (Å²) in [7, 11) is -3.35. The second-order valence-electron chi connectivity index (χ2n) is 4.59. The number of hydrogen-bond donors (Lipinski definition) is 1. The van der Waals surface area contributed by atoms with Gasteiger partial charge in [0.15, 0.2) is 0 Å². The van der Waals surface area contributed by atoms with Gasteiger partial charge in [-0.15, -0.1) is 11.3 Å². The summed E-state index contributed by atoms with van der Waals surface area (Å²) in [6, 6.07) is 3.52. The van der Waals surface area contributed by atoms with Crippen LogP contribution >= 0.6 is 27.3 Å². The van der Waals surface area contributed by atoms with Crippen LogP contribution in [0.25, 0.3) is 0 Å². The fourth-order valence-electron chi connectivity index (χ4n) is 2.21. The minimum atomic E-state index is -3.35. The quantitative estimate of drug-likeness (QED) is 0.858. The Kier molecular flexibility index (Phi) is 3.97. The van der Waals surface area contributed by atoms with E-state index in [2.05, 4.69) is 20.7 Å². The number of nitrogens with one attached hydrogen (secondary N) is 1. The summed E-state index contributed by atoms with van der Waals surface area (Å²) in [5.74, 6) is 0. The Morgan fingerprint density at radius 3 is 2.53 bits per heavy atom. The zero-order valence-corrected chi connectivity index (χ0v) is 12.9. The SMILES string of the molecule is Cc1ccc(S(=O)(=O)NC2(CBr)CCCC2)s1. The van der Waals surface area contributed by atoms with Gasteiger partial charge in [-0.3, -0.25) is 0 Å². The maximum Gasteiger partial charge on any atom is 0.250 e. The fraction of sp³-hybridized carbons (Fsp3) is 0.636. The van der Waals surface area contributed by atoms with Gasteiger partial charge in [0.2, 0.25) is 0 Å². The second-order valence-corrected chi connectivity index (χ2v) is 8.35. The summed E-state index contributed by atoms with van der Waals surface area (Å²) in [5.41, 5.74) is -0.281. The minimum Gasteiger partial charge on any atom is -0.206 e. The van der Waals surface area contributed by atoms with Crippen molar-refractivity contribution in [2.24, 2.45) is 0 Å². The molecule has 0 spiro atoms. The molecule has 1 fully saturated rings. The number of aryl methyl sites for hydroxylation is 1. The van der Waals surface area contributed by atoms with Gasteiger partial charge in [0.1, 0.15) is 4.21 Å². The van der Waals surface area contributed by atoms with E-state index in [4.69, 9.17) is 0 Å². The Balaban J connectivity index is 2.22. The Morgan fingerprint density at radius 2 is 2.06 bits per heavy atom. The van der Waals surface area contributed by atoms with Crippen molar-refractivity contribution in [3.05, 3.63) is 17.0 Å². The predicted molar refractivity (Wildman–Crippen MR) is 74.4 cm³/mol. The summed E-state index contributed by atoms with van der Waals surface area (Å²) in [4.78, 5) is 1.02. The van der Waals surface area contributed by atoms with Crippen molar-refractivity contribution in [3.8, 4) is 0 Å². The van der Waals surface area contributed by atoms with Crippen LogP contribution in [0.3, 0.4) is 0 Å². The number of halogens is 1. The van der Waals surface area contributed by atoms with Crippen LogP contribution in [0.5, 0.6) is 0 Å². The Labute approximate surface area is 115 Å². The van der Waals surface area contributed by atoms with E-state index in [0.717, 1.165) is 30.6 Å². The van der Waals surface area contributed by atoms with E-state index in [-0.39, 0.29) is 5.54 Å². The van der Waals surface area contributed by atoms with Crippen LogP contribution in [0.4, 0.5) is 0 Å². The molecule has 17 heavy (non-hydrogen) atoms. The van der Waals surface area contributed by atoms with Gasteiger partial charge < -0.3 is 0 Å². The number of thiophene rings is 1. The summed E-state index contributed by atoms with van der Waals surface area (Å²) in [6.45, 7) is 1.92. The highest BCUT2D eigenvalue weighted by Crippen LogP contribution is 2.33. The number of alkyl halides is 1. The first-order chi connectivity index (χ1) is 7.97. The first-order valence-corrected chi connectivity index (χ1v) is 9.06. The van der Waals surface area contributed by atoms with E-state index in [9.17, 15) is 8.42 Å². The number of sulfonamides is 1. The molecule has 0 atom stereocenters. The second kappa shape index (κ2) is 4.99. The van der Waals surface area contributed by atoms with E-state index >= 15 is 0 Å². The first kappa shape index (κ1) is 13.5. The molecule has 0 radical (unpaired) electrons. The minimum absolute atomic E-state index is 0.281. The van der Waals surface area contributed by atoms with Gasteiger partial charge in [-0.05, 0) is 31.9 Å². The Bertz CT molecular complexity index is 489. The van der Waals surface area contributed by atoms with Gasteiger partial charge in [-0.1, -0.05) is 28.8 Å². The van der Waals surface area contributed by atoms with Crippen LogP contribution in [0.2, 0.25) is 0 Å². The topological polar surface area (TPSA) is 46.2 Å². The van der Waals surface area contributed by atoms with Gasteiger partial charge in [0.05, 0.1) is 0 Å². The molecular formula is C11H16BrNO2S2. The third kappa shape index (κ3) is 2.92. The zero-order valence-electron chi connectivity index (χ0n) is 9.70. The zero-order chi connectivity index (χ0) is 12.5. The highest BCUT2D eigenvalue weighted by atomic mass is 79.9. The molecule has 1 aliphatic carbocycles. The van der Waals surface area contributed by atoms with Crippen LogP contribution in [0.1, 0.15) is 30.6 Å². The maximum atomic E-state index is 12.2. The van der Waals surface area contributed by atoms with Gasteiger partial charge in [0.25, 0.3) is 10.0 Å². The smallest absolute Gasteiger partial charge is 0.206 e. The van der Waals surface area contributed by atoms with Crippen molar-refractivity contribution in [1.29, 1.82) is 0 Å². The average molecular weight is 338 g/mol. The third-order valence-electron chi connectivity index (χ3n) is 3.15. The lowest BCUT2D eigenvalue weighted by molar-refractivity contribution is 0.438. The van der Waals surface area contributed by atoms with Crippen LogP contribution in [-0.4, -0.2) is 19.3 Å². The van der Waals surface area contributed by atoms with Gasteiger partial charge in [-0.25, -0.2) is 13.1 Å². The molecule has 1 aromatic rings. The van der Waals surface area contributed by atoms with E-state index in [1.165, 1.54) is 11.3 Å². The van der Waals surface area contributed by atoms with E-state index < -0.39 is 10.0 Å². The molecule has 1 N–H and O–H groups in total. The molecule has 1 heterocycles. The molecule has 0 aromatic carbocycles. The van der Waals surface area contributed by atoms with Crippen molar-refractivity contribution < 1.29 is 8.42 Å². The molecular weight excluding hydrogens is 322 g/mol. The lowest BCUT2D eigenvalue weighted by Gasteiger charge is -2.27. The summed E-state index contributed by atoms with van der Waals surface area (Å²) in [6.07, 6.45) is 4.03. The summed E-state index contributed by atoms with van der Waals surface area (Å²) in [5, 5.41) is 0.684. The molecule has 1 saturated carbocycles. The first-order valence-electron chi connectivity index (χ1n) is 5.64. The molecule has 0 aliphatic heterocycles. The monoisotopic (exact) mass is 337 g/mol. The molecule has 0 amide bonds. The lowest BCUT2D eigenvalue weighted by Crippen LogP contribution is -2.47. The molecule has 1 aliphatic rings. The van der Waals surface area contributed by atoms with Crippen LogP contribution in [-0.2, 0) is 10.0 Å². The summed E-state index contributed by atoms with van der Waals surface area (Å²) < 4.78 is 27.8. The molecule has 3 nitrogen and oxygen atoms in total. The van der Waals surface area contributed by atoms with Crippen LogP contribution in [0.15, 0.2) is 16.3 Å². The molecule has 6 heteroatoms. The van der Waals surface area contributed by atoms with E-state index in [0.29, 0.717) is 9.54 Å². The average Bonchev–Trinajstić information content (AvgIpc) is 2.87. The van der Waals surface area contributed by atoms with Crippen LogP contribution in [0, 0.1) is 6.92 Å². The highest BCUT2D eigenvalue weighted by molar-refractivity contribution is 9.09. The normalized spacial score (nSPS) is 19.6. The largest absolute Gasteiger partial charge is 0.250 e. The standard InChI is InChI=1S/C11H16BrNO2S2/c1-9-4-5-10(16-9)17(14,15)13-11(8-12)6-2-3-7-11/h4-5,13H,2-3,6-8H2,1H3. The van der Waals surface area contributed by atoms with Crippen molar-refractivity contribution in [2.45, 2.75) is 42.4 Å². The highest BCUT2D eigenvalue weighted by Gasteiger charge is 2.37. The third-order valence-corrected chi connectivity index (χ3v) is 7.29. The van der Waals surface area contributed by atoms with Gasteiger partial charge >= 0.3 is 0 Å². The molecule has 2 rings (SSSR count). The lowest BCUT2D eigenvalue weighted by atomic mass is 10.0. The molecule has 0 saturated heterocycles. The summed E-state index contributed by atoms with van der Waals surface area (Å²) >= 11 is 4.76. The Morgan fingerprint density at radius 1 is 1.41 bits per heavy atom. The molecule has 1 aromatic heterocycles. The Hall–Kier alpha value is 0.0900. The molecule has 0 unspecified atom stereocenters. The van der Waals surface area contributed by atoms with Gasteiger partial charge in [0, 0.05) is 15.7 Å². The fourth-order valence-corrected chi connectivity index (χ4v) is 5.83. The van der Waals surface area contributed by atoms with Gasteiger partial charge in [-0.2, -0.15) is 0 Å². The van der Waals surface area contributed by atoms with Crippen molar-refractivity contribution in [3.63, 3.8) is 0 Å². The van der Waals surface area contributed by atoms with Crippen molar-refractivity contribution >= 4 is 37.3 Å². The van der Waals surface area contributed by atoms with Crippen molar-refractivity contribution in [1.82, 2.24) is 4.72 Å². The van der Waals surface area contributed by atoms with E-state index in [1.807, 2.05) is 13.0 Å². The van der Waals surface area contributed by atoms with Crippen LogP contribution < -0.4 is 4.72 Å². The number of hydrogen-bond acceptors (Lipinski definition) is 3. The van der Waals surface area contributed by atoms with E-state index in [1.54, 1.807) is 6.07 Å². The predicted octanol–water partition coefficient (Wildman–Crippen LogP) is 3.04. The maximum absolute atomic E-state index is 12.2.